The topological polar surface area (TPSA) is 13.6 Å². The Balaban J connectivity index is 1.70. The number of benzene rings is 3. The first-order chi connectivity index (χ1) is 19.0. The van der Waals surface area contributed by atoms with E-state index in [1.54, 1.807) is 0 Å². The second-order valence-corrected chi connectivity index (χ2v) is 13.1. The summed E-state index contributed by atoms with van der Waals surface area (Å²) >= 11 is 0. The average molecular weight is 530 g/mol. The molecule has 204 valence electrons. The van der Waals surface area contributed by atoms with Gasteiger partial charge in [-0.25, -0.2) is 9.38 Å². The molecule has 2 aliphatic rings. The molecule has 0 spiro atoms. The third-order valence-electron chi connectivity index (χ3n) is 8.63. The van der Waals surface area contributed by atoms with E-state index in [-0.39, 0.29) is 12.5 Å². The van der Waals surface area contributed by atoms with E-state index in [0.29, 0.717) is 11.8 Å². The molecule has 0 radical (unpaired) electrons. The molecule has 0 atom stereocenters. The first kappa shape index (κ1) is 26.5. The Morgan fingerprint density at radius 1 is 0.675 bits per heavy atom. The van der Waals surface area contributed by atoms with Gasteiger partial charge in [-0.2, -0.15) is 0 Å². The van der Waals surface area contributed by atoms with E-state index in [9.17, 15) is 0 Å². The average Bonchev–Trinajstić information content (AvgIpc) is 3.41. The Kier molecular flexibility index (Phi) is 6.25. The van der Waals surface area contributed by atoms with Crippen molar-refractivity contribution in [3.8, 4) is 0 Å². The zero-order chi connectivity index (χ0) is 28.5. The summed E-state index contributed by atoms with van der Waals surface area (Å²) < 4.78 is 2.29. The van der Waals surface area contributed by atoms with Crippen LogP contribution in [0.25, 0.3) is 0 Å². The summed E-state index contributed by atoms with van der Waals surface area (Å²) in [6, 6.07) is 27.3. The van der Waals surface area contributed by atoms with Crippen LogP contribution < -0.4 is 19.0 Å². The van der Waals surface area contributed by atoms with Crippen molar-refractivity contribution in [1.29, 1.82) is 0 Å². The van der Waals surface area contributed by atoms with Crippen LogP contribution in [-0.2, 0) is 12.5 Å². The number of aryl methyl sites for hydroxylation is 2. The Labute approximate surface area is 241 Å². The standard InChI is InChI=1S/C35H42BN4/c1-23(2)27-15-13-16-28(24(3)4)34(27)39-30-18-11-10-17-29(30)38-31-19-12-14-25(5)33(31)40(36(38)39)32-22-26(35(6,7)8)20-21-37(32)9/h10-24H,1-9H3/q+1. The summed E-state index contributed by atoms with van der Waals surface area (Å²) in [6.07, 6.45) is 2.23. The first-order valence-electron chi connectivity index (χ1n) is 14.7. The summed E-state index contributed by atoms with van der Waals surface area (Å²) in [7, 11) is 2.11. The van der Waals surface area contributed by atoms with Crippen molar-refractivity contribution in [2.45, 2.75) is 72.6 Å². The van der Waals surface area contributed by atoms with Gasteiger partial charge in [0.05, 0.1) is 30.3 Å². The number of aromatic nitrogens is 1. The number of rotatable bonds is 4. The van der Waals surface area contributed by atoms with E-state index in [1.807, 2.05) is 0 Å². The molecule has 0 N–H and O–H groups in total. The predicted octanol–water partition coefficient (Wildman–Crippen LogP) is 8.79. The number of fused-ring (bicyclic) bond motifs is 5. The summed E-state index contributed by atoms with van der Waals surface area (Å²) in [5.74, 6) is 1.99. The molecule has 4 aromatic rings. The molecule has 0 unspecified atom stereocenters. The van der Waals surface area contributed by atoms with E-state index in [2.05, 4.69) is 160 Å². The van der Waals surface area contributed by atoms with Gasteiger partial charge in [0, 0.05) is 11.8 Å². The van der Waals surface area contributed by atoms with Crippen molar-refractivity contribution in [2.24, 2.45) is 7.05 Å². The molecule has 0 saturated carbocycles. The lowest BCUT2D eigenvalue weighted by Crippen LogP contribution is -2.55. The molecule has 3 aromatic carbocycles. The fourth-order valence-electron chi connectivity index (χ4n) is 6.51. The number of hydrogen-bond donors (Lipinski definition) is 0. The highest BCUT2D eigenvalue weighted by Crippen LogP contribution is 2.57. The molecule has 0 fully saturated rings. The Morgan fingerprint density at radius 2 is 1.25 bits per heavy atom. The molecule has 6 rings (SSSR count). The maximum absolute atomic E-state index is 2.63. The highest BCUT2D eigenvalue weighted by Gasteiger charge is 2.61. The Morgan fingerprint density at radius 3 is 1.85 bits per heavy atom. The molecule has 0 amide bonds. The number of para-hydroxylation sites is 4. The van der Waals surface area contributed by atoms with Crippen LogP contribution in [0.1, 0.15) is 82.6 Å². The summed E-state index contributed by atoms with van der Waals surface area (Å²) in [6.45, 7) is 18.4. The van der Waals surface area contributed by atoms with Crippen LogP contribution in [0.2, 0.25) is 0 Å². The van der Waals surface area contributed by atoms with Crippen molar-refractivity contribution in [2.75, 3.05) is 14.4 Å². The van der Waals surface area contributed by atoms with Crippen molar-refractivity contribution in [3.63, 3.8) is 0 Å². The summed E-state index contributed by atoms with van der Waals surface area (Å²) in [5, 5.41) is 0. The van der Waals surface area contributed by atoms with Gasteiger partial charge in [-0.15, -0.1) is 0 Å². The lowest BCUT2D eigenvalue weighted by Gasteiger charge is -2.32. The van der Waals surface area contributed by atoms with Crippen LogP contribution in [0.3, 0.4) is 0 Å². The van der Waals surface area contributed by atoms with Crippen LogP contribution >= 0.6 is 0 Å². The predicted molar refractivity (Wildman–Crippen MR) is 171 cm³/mol. The third kappa shape index (κ3) is 3.93. The summed E-state index contributed by atoms with van der Waals surface area (Å²) in [5.41, 5.74) is 11.8. The molecular formula is C35H42BN4+. The molecule has 3 heterocycles. The molecule has 1 aromatic heterocycles. The van der Waals surface area contributed by atoms with Crippen molar-refractivity contribution in [1.82, 2.24) is 0 Å². The van der Waals surface area contributed by atoms with E-state index < -0.39 is 0 Å². The van der Waals surface area contributed by atoms with Crippen LogP contribution in [-0.4, -0.2) is 7.12 Å². The largest absolute Gasteiger partial charge is 0.643 e. The van der Waals surface area contributed by atoms with Crippen molar-refractivity contribution >= 4 is 41.4 Å². The van der Waals surface area contributed by atoms with Gasteiger partial charge in [0.15, 0.2) is 0 Å². The molecule has 0 aliphatic carbocycles. The maximum Gasteiger partial charge on any atom is 0.643 e. The Hall–Kier alpha value is -3.73. The molecule has 0 bridgehead atoms. The van der Waals surface area contributed by atoms with Gasteiger partial charge in [0.1, 0.15) is 5.69 Å². The van der Waals surface area contributed by atoms with Gasteiger partial charge in [-0.1, -0.05) is 90.9 Å². The Bertz CT molecular complexity index is 1570. The fourth-order valence-corrected chi connectivity index (χ4v) is 6.51. The molecule has 2 aliphatic heterocycles. The van der Waals surface area contributed by atoms with Gasteiger partial charge >= 0.3 is 7.12 Å². The van der Waals surface area contributed by atoms with E-state index in [4.69, 9.17) is 0 Å². The second-order valence-electron chi connectivity index (χ2n) is 13.1. The van der Waals surface area contributed by atoms with Gasteiger partial charge in [0.25, 0.3) is 5.82 Å². The van der Waals surface area contributed by atoms with Crippen molar-refractivity contribution in [3.05, 3.63) is 101 Å². The van der Waals surface area contributed by atoms with Gasteiger partial charge < -0.3 is 9.62 Å². The minimum absolute atomic E-state index is 0.0460. The SMILES string of the molecule is Cc1cccc2c1N(c1cc(C(C)(C)C)cc[n+]1C)B1N2c2ccccc2N1c1c(C(C)C)cccc1C(C)C. The van der Waals surface area contributed by atoms with Crippen molar-refractivity contribution < 1.29 is 4.57 Å². The van der Waals surface area contributed by atoms with Crippen LogP contribution in [0.15, 0.2) is 79.0 Å². The fraction of sp³-hybridized carbons (Fsp3) is 0.343. The normalized spacial score (nSPS) is 14.4. The van der Waals surface area contributed by atoms with E-state index in [0.717, 1.165) is 0 Å². The smallest absolute Gasteiger partial charge is 0.320 e. The zero-order valence-corrected chi connectivity index (χ0v) is 25.5. The third-order valence-corrected chi connectivity index (χ3v) is 8.63. The van der Waals surface area contributed by atoms with E-state index in [1.165, 1.54) is 56.5 Å². The van der Waals surface area contributed by atoms with Gasteiger partial charge in [-0.3, -0.25) is 0 Å². The van der Waals surface area contributed by atoms with Gasteiger partial charge in [-0.05, 0) is 70.7 Å². The lowest BCUT2D eigenvalue weighted by molar-refractivity contribution is -0.658. The lowest BCUT2D eigenvalue weighted by atomic mass is 9.82. The first-order valence-corrected chi connectivity index (χ1v) is 14.7. The quantitative estimate of drug-likeness (QED) is 0.194. The molecule has 5 heteroatoms. The monoisotopic (exact) mass is 529 g/mol. The minimum atomic E-state index is -0.0627. The van der Waals surface area contributed by atoms with Gasteiger partial charge in [0.2, 0.25) is 0 Å². The highest BCUT2D eigenvalue weighted by atomic mass is 15.5. The number of nitrogens with zero attached hydrogens (tertiary/aromatic N) is 4. The number of pyridine rings is 1. The summed E-state index contributed by atoms with van der Waals surface area (Å²) in [4.78, 5) is 7.77. The highest BCUT2D eigenvalue weighted by molar-refractivity contribution is 6.80. The molecule has 0 saturated heterocycles. The van der Waals surface area contributed by atoms with Crippen LogP contribution in [0, 0.1) is 6.92 Å². The number of anilines is 6. The maximum atomic E-state index is 2.63. The minimum Gasteiger partial charge on any atom is -0.320 e. The number of hydrogen-bond acceptors (Lipinski definition) is 3. The van der Waals surface area contributed by atoms with Crippen LogP contribution in [0.4, 0.5) is 34.3 Å². The second kappa shape index (κ2) is 9.43. The molecule has 4 nitrogen and oxygen atoms in total. The van der Waals surface area contributed by atoms with E-state index >= 15 is 0 Å². The molecule has 40 heavy (non-hydrogen) atoms. The molecular weight excluding hydrogens is 487 g/mol. The van der Waals surface area contributed by atoms with Crippen LogP contribution in [0.5, 0.6) is 0 Å². The zero-order valence-electron chi connectivity index (χ0n) is 25.5.